The van der Waals surface area contributed by atoms with E-state index in [1.54, 1.807) is 11.2 Å². The highest BCUT2D eigenvalue weighted by Crippen LogP contribution is 2.24. The Kier molecular flexibility index (Phi) is 3.67. The Morgan fingerprint density at radius 2 is 2.47 bits per heavy atom. The second-order valence-corrected chi connectivity index (χ2v) is 4.67. The summed E-state index contributed by atoms with van der Waals surface area (Å²) < 4.78 is 5.33. The molecule has 0 saturated heterocycles. The summed E-state index contributed by atoms with van der Waals surface area (Å²) in [4.78, 5) is 13.9. The number of hydrogen-bond acceptors (Lipinski definition) is 2. The number of carbonyl (C=O) groups excluding carboxylic acids is 1. The van der Waals surface area contributed by atoms with Crippen LogP contribution < -0.4 is 0 Å². The van der Waals surface area contributed by atoms with Crippen LogP contribution in [0.4, 0.5) is 0 Å². The fourth-order valence-corrected chi connectivity index (χ4v) is 2.17. The van der Waals surface area contributed by atoms with Crippen LogP contribution in [-0.4, -0.2) is 17.9 Å². The van der Waals surface area contributed by atoms with Gasteiger partial charge in [0.05, 0.1) is 12.3 Å². The van der Waals surface area contributed by atoms with Gasteiger partial charge in [-0.2, -0.15) is 0 Å². The Balaban J connectivity index is 1.92. The molecule has 0 spiro atoms. The molecule has 0 aliphatic heterocycles. The van der Waals surface area contributed by atoms with Crippen molar-refractivity contribution in [3.63, 3.8) is 0 Å². The van der Waals surface area contributed by atoms with Crippen molar-refractivity contribution >= 4 is 5.91 Å². The van der Waals surface area contributed by atoms with Gasteiger partial charge in [-0.15, -0.1) is 0 Å². The van der Waals surface area contributed by atoms with Crippen molar-refractivity contribution in [3.05, 3.63) is 36.3 Å². The lowest BCUT2D eigenvalue weighted by molar-refractivity contribution is -0.132. The van der Waals surface area contributed by atoms with E-state index in [0.29, 0.717) is 12.3 Å². The molecule has 1 heterocycles. The highest BCUT2D eigenvalue weighted by molar-refractivity contribution is 5.76. The largest absolute Gasteiger partial charge is 0.467 e. The second-order valence-electron chi connectivity index (χ2n) is 4.67. The number of allylic oxidation sites excluding steroid dienone is 2. The van der Waals surface area contributed by atoms with E-state index < -0.39 is 0 Å². The summed E-state index contributed by atoms with van der Waals surface area (Å²) in [6, 6.07) is 3.76. The third-order valence-corrected chi connectivity index (χ3v) is 3.48. The first-order valence-electron chi connectivity index (χ1n) is 6.14. The lowest BCUT2D eigenvalue weighted by Gasteiger charge is -2.24. The maximum absolute atomic E-state index is 12.1. The molecule has 2 unspecified atom stereocenters. The number of hydrogen-bond donors (Lipinski definition) is 0. The molecule has 0 radical (unpaired) electrons. The summed E-state index contributed by atoms with van der Waals surface area (Å²) in [6.07, 6.45) is 8.78. The number of furan rings is 1. The first kappa shape index (κ1) is 12.0. The maximum Gasteiger partial charge on any atom is 0.223 e. The zero-order valence-corrected chi connectivity index (χ0v) is 10.4. The molecule has 1 amide bonds. The van der Waals surface area contributed by atoms with Crippen LogP contribution in [0.5, 0.6) is 0 Å². The lowest BCUT2D eigenvalue weighted by atomic mass is 10.0. The summed E-state index contributed by atoms with van der Waals surface area (Å²) in [6.45, 7) is 1.99. The summed E-state index contributed by atoms with van der Waals surface area (Å²) >= 11 is 0. The molecular formula is C14H19NO2. The molecule has 0 saturated carbocycles. The second kappa shape index (κ2) is 5.21. The topological polar surface area (TPSA) is 33.5 Å². The smallest absolute Gasteiger partial charge is 0.223 e. The third kappa shape index (κ3) is 2.78. The predicted molar refractivity (Wildman–Crippen MR) is 66.4 cm³/mol. The van der Waals surface area contributed by atoms with Gasteiger partial charge in [0.1, 0.15) is 5.76 Å². The molecule has 17 heavy (non-hydrogen) atoms. The molecule has 1 aromatic heterocycles. The summed E-state index contributed by atoms with van der Waals surface area (Å²) in [5, 5.41) is 0. The van der Waals surface area contributed by atoms with Gasteiger partial charge in [0.2, 0.25) is 5.91 Å². The van der Waals surface area contributed by atoms with Crippen LogP contribution in [0, 0.1) is 5.92 Å². The molecule has 2 atom stereocenters. The van der Waals surface area contributed by atoms with Gasteiger partial charge in [-0.25, -0.2) is 0 Å². The van der Waals surface area contributed by atoms with Gasteiger partial charge in [-0.3, -0.25) is 4.79 Å². The van der Waals surface area contributed by atoms with E-state index in [1.165, 1.54) is 0 Å². The molecule has 1 aliphatic carbocycles. The average molecular weight is 233 g/mol. The van der Waals surface area contributed by atoms with Crippen molar-refractivity contribution in [3.8, 4) is 0 Å². The minimum Gasteiger partial charge on any atom is -0.467 e. The van der Waals surface area contributed by atoms with E-state index >= 15 is 0 Å². The highest BCUT2D eigenvalue weighted by atomic mass is 16.3. The Morgan fingerprint density at radius 1 is 1.65 bits per heavy atom. The zero-order valence-electron chi connectivity index (χ0n) is 10.4. The highest BCUT2D eigenvalue weighted by Gasteiger charge is 2.22. The molecule has 0 fully saturated rings. The monoisotopic (exact) mass is 233 g/mol. The van der Waals surface area contributed by atoms with Crippen LogP contribution in [0.15, 0.2) is 35.0 Å². The third-order valence-electron chi connectivity index (χ3n) is 3.48. The molecule has 92 valence electrons. The first-order chi connectivity index (χ1) is 8.18. The van der Waals surface area contributed by atoms with Crippen LogP contribution in [0.2, 0.25) is 0 Å². The van der Waals surface area contributed by atoms with E-state index in [0.717, 1.165) is 18.6 Å². The predicted octanol–water partition coefficient (Wildman–Crippen LogP) is 3.16. The Bertz CT molecular complexity index is 394. The van der Waals surface area contributed by atoms with Crippen LogP contribution in [-0.2, 0) is 4.79 Å². The van der Waals surface area contributed by atoms with E-state index in [1.807, 2.05) is 26.1 Å². The van der Waals surface area contributed by atoms with E-state index in [4.69, 9.17) is 4.42 Å². The molecule has 0 bridgehead atoms. The Hall–Kier alpha value is -1.51. The molecule has 3 heteroatoms. The lowest BCUT2D eigenvalue weighted by Crippen LogP contribution is -2.30. The van der Waals surface area contributed by atoms with Crippen LogP contribution in [0.25, 0.3) is 0 Å². The Labute approximate surface area is 102 Å². The quantitative estimate of drug-likeness (QED) is 0.748. The number of rotatable bonds is 4. The van der Waals surface area contributed by atoms with E-state index in [-0.39, 0.29) is 11.9 Å². The van der Waals surface area contributed by atoms with Crippen molar-refractivity contribution in [2.75, 3.05) is 7.05 Å². The van der Waals surface area contributed by atoms with Gasteiger partial charge >= 0.3 is 0 Å². The van der Waals surface area contributed by atoms with E-state index in [2.05, 4.69) is 12.2 Å². The maximum atomic E-state index is 12.1. The SMILES string of the molecule is CC(c1ccco1)N(C)C(=O)CC1C=CCC1. The van der Waals surface area contributed by atoms with E-state index in [9.17, 15) is 4.79 Å². The molecule has 2 rings (SSSR count). The average Bonchev–Trinajstić information content (AvgIpc) is 2.99. The molecule has 0 aromatic carbocycles. The van der Waals surface area contributed by atoms with Gasteiger partial charge in [0.25, 0.3) is 0 Å². The number of carbonyl (C=O) groups is 1. The minimum atomic E-state index is 0.00267. The van der Waals surface area contributed by atoms with Crippen LogP contribution in [0.3, 0.4) is 0 Å². The standard InChI is InChI=1S/C14H19NO2/c1-11(13-8-5-9-17-13)15(2)14(16)10-12-6-3-4-7-12/h3,5-6,8-9,11-12H,4,7,10H2,1-2H3. The van der Waals surface area contributed by atoms with Crippen molar-refractivity contribution in [2.24, 2.45) is 5.92 Å². The van der Waals surface area contributed by atoms with Gasteiger partial charge in [-0.1, -0.05) is 12.2 Å². The first-order valence-corrected chi connectivity index (χ1v) is 6.14. The number of nitrogens with zero attached hydrogens (tertiary/aromatic N) is 1. The van der Waals surface area contributed by atoms with Gasteiger partial charge in [0.15, 0.2) is 0 Å². The molecular weight excluding hydrogens is 214 g/mol. The van der Waals surface area contributed by atoms with Gasteiger partial charge < -0.3 is 9.32 Å². The van der Waals surface area contributed by atoms with Crippen molar-refractivity contribution in [2.45, 2.75) is 32.2 Å². The fraction of sp³-hybridized carbons (Fsp3) is 0.500. The van der Waals surface area contributed by atoms with Crippen LogP contribution >= 0.6 is 0 Å². The zero-order chi connectivity index (χ0) is 12.3. The Morgan fingerprint density at radius 3 is 3.06 bits per heavy atom. The van der Waals surface area contributed by atoms with Gasteiger partial charge in [-0.05, 0) is 37.8 Å². The number of amides is 1. The molecule has 1 aliphatic rings. The minimum absolute atomic E-state index is 0.00267. The van der Waals surface area contributed by atoms with Crippen molar-refractivity contribution < 1.29 is 9.21 Å². The van der Waals surface area contributed by atoms with Gasteiger partial charge in [0, 0.05) is 13.5 Å². The van der Waals surface area contributed by atoms with Crippen molar-refractivity contribution in [1.29, 1.82) is 0 Å². The summed E-state index contributed by atoms with van der Waals surface area (Å²) in [5.41, 5.74) is 0. The normalized spacial score (nSPS) is 20.5. The molecule has 1 aromatic rings. The summed E-state index contributed by atoms with van der Waals surface area (Å²) in [7, 11) is 1.84. The fourth-order valence-electron chi connectivity index (χ4n) is 2.17. The van der Waals surface area contributed by atoms with Crippen molar-refractivity contribution in [1.82, 2.24) is 4.90 Å². The molecule has 0 N–H and O–H groups in total. The summed E-state index contributed by atoms with van der Waals surface area (Å²) in [5.74, 6) is 1.45. The van der Waals surface area contributed by atoms with Crippen LogP contribution in [0.1, 0.15) is 38.0 Å². The molecule has 3 nitrogen and oxygen atoms in total.